The molecular formula is C14H21BrO2. The molecule has 1 rings (SSSR count). The third kappa shape index (κ3) is 3.71. The molecule has 1 aromatic carbocycles. The summed E-state index contributed by atoms with van der Waals surface area (Å²) in [6.07, 6.45) is 0.901. The van der Waals surface area contributed by atoms with E-state index in [2.05, 4.69) is 36.7 Å². The van der Waals surface area contributed by atoms with E-state index in [-0.39, 0.29) is 12.0 Å². The van der Waals surface area contributed by atoms with E-state index < -0.39 is 0 Å². The van der Waals surface area contributed by atoms with E-state index in [0.717, 1.165) is 16.6 Å². The van der Waals surface area contributed by atoms with Crippen LogP contribution >= 0.6 is 15.9 Å². The van der Waals surface area contributed by atoms with Crippen molar-refractivity contribution in [3.8, 4) is 5.75 Å². The summed E-state index contributed by atoms with van der Waals surface area (Å²) < 4.78 is 6.92. The lowest BCUT2D eigenvalue weighted by atomic mass is 9.90. The van der Waals surface area contributed by atoms with Crippen molar-refractivity contribution in [1.82, 2.24) is 0 Å². The molecule has 0 fully saturated rings. The molecule has 1 aromatic rings. The summed E-state index contributed by atoms with van der Waals surface area (Å²) in [6.45, 7) is 8.89. The molecule has 17 heavy (non-hydrogen) atoms. The molecule has 0 amide bonds. The minimum Gasteiger partial charge on any atom is -0.493 e. The molecule has 0 aliphatic rings. The third-order valence-corrected chi connectivity index (χ3v) is 4.48. The van der Waals surface area contributed by atoms with Crippen molar-refractivity contribution in [3.63, 3.8) is 0 Å². The number of aryl methyl sites for hydroxylation is 2. The average Bonchev–Trinajstić information content (AvgIpc) is 2.32. The van der Waals surface area contributed by atoms with Crippen molar-refractivity contribution in [2.45, 2.75) is 34.1 Å². The average molecular weight is 301 g/mol. The Balaban J connectivity index is 2.76. The predicted octanol–water partition coefficient (Wildman–Crippen LogP) is 3.85. The molecule has 0 radical (unpaired) electrons. The second-order valence-corrected chi connectivity index (χ2v) is 5.78. The van der Waals surface area contributed by atoms with Gasteiger partial charge in [-0.1, -0.05) is 29.8 Å². The lowest BCUT2D eigenvalue weighted by molar-refractivity contribution is 0.0784. The van der Waals surface area contributed by atoms with E-state index in [1.54, 1.807) is 0 Å². The van der Waals surface area contributed by atoms with Gasteiger partial charge in [0.2, 0.25) is 0 Å². The van der Waals surface area contributed by atoms with Gasteiger partial charge in [0, 0.05) is 9.89 Å². The molecule has 0 aliphatic heterocycles. The number of hydrogen-bond donors (Lipinski definition) is 1. The van der Waals surface area contributed by atoms with Crippen molar-refractivity contribution < 1.29 is 9.84 Å². The van der Waals surface area contributed by atoms with Crippen LogP contribution in [-0.4, -0.2) is 18.3 Å². The Hall–Kier alpha value is -0.540. The van der Waals surface area contributed by atoms with E-state index in [0.29, 0.717) is 6.61 Å². The lowest BCUT2D eigenvalue weighted by Crippen LogP contribution is -2.28. The predicted molar refractivity (Wildman–Crippen MR) is 74.6 cm³/mol. The Bertz CT molecular complexity index is 361. The summed E-state index contributed by atoms with van der Waals surface area (Å²) in [5.41, 5.74) is 2.18. The summed E-state index contributed by atoms with van der Waals surface area (Å²) in [5, 5.41) is 9.33. The standard InChI is InChI=1S/C14H21BrO2/c1-5-14(4,8-16)9-17-12-6-10(2)13(15)11(3)7-12/h6-7,16H,5,8-9H2,1-4H3. The van der Waals surface area contributed by atoms with Crippen LogP contribution in [0.2, 0.25) is 0 Å². The molecule has 0 aromatic heterocycles. The van der Waals surface area contributed by atoms with Crippen molar-refractivity contribution in [1.29, 1.82) is 0 Å². The Morgan fingerprint density at radius 1 is 1.29 bits per heavy atom. The van der Waals surface area contributed by atoms with Crippen LogP contribution in [0.15, 0.2) is 16.6 Å². The van der Waals surface area contributed by atoms with Crippen LogP contribution in [0.25, 0.3) is 0 Å². The summed E-state index contributed by atoms with van der Waals surface area (Å²) >= 11 is 3.54. The number of hydrogen-bond acceptors (Lipinski definition) is 2. The molecule has 0 heterocycles. The maximum absolute atomic E-state index is 9.33. The zero-order chi connectivity index (χ0) is 13.1. The fraction of sp³-hybridized carbons (Fsp3) is 0.571. The topological polar surface area (TPSA) is 29.5 Å². The first-order valence-electron chi connectivity index (χ1n) is 5.92. The quantitative estimate of drug-likeness (QED) is 0.895. The maximum Gasteiger partial charge on any atom is 0.119 e. The Morgan fingerprint density at radius 3 is 2.24 bits per heavy atom. The van der Waals surface area contributed by atoms with Crippen LogP contribution in [0, 0.1) is 19.3 Å². The fourth-order valence-corrected chi connectivity index (χ4v) is 1.74. The van der Waals surface area contributed by atoms with Crippen LogP contribution in [0.1, 0.15) is 31.4 Å². The van der Waals surface area contributed by atoms with Crippen molar-refractivity contribution in [2.75, 3.05) is 13.2 Å². The van der Waals surface area contributed by atoms with E-state index in [1.807, 2.05) is 19.1 Å². The number of halogens is 1. The normalized spacial score (nSPS) is 14.5. The molecule has 1 unspecified atom stereocenters. The molecule has 0 bridgehead atoms. The molecule has 0 aliphatic carbocycles. The molecule has 0 saturated carbocycles. The van der Waals surface area contributed by atoms with Gasteiger partial charge >= 0.3 is 0 Å². The number of ether oxygens (including phenoxy) is 1. The van der Waals surface area contributed by atoms with Gasteiger partial charge in [-0.05, 0) is 43.5 Å². The molecule has 0 spiro atoms. The maximum atomic E-state index is 9.33. The molecule has 96 valence electrons. The van der Waals surface area contributed by atoms with Crippen molar-refractivity contribution in [3.05, 3.63) is 27.7 Å². The highest BCUT2D eigenvalue weighted by atomic mass is 79.9. The van der Waals surface area contributed by atoms with Gasteiger partial charge in [0.05, 0.1) is 13.2 Å². The Morgan fingerprint density at radius 2 is 1.82 bits per heavy atom. The number of benzene rings is 1. The van der Waals surface area contributed by atoms with Gasteiger partial charge in [0.1, 0.15) is 5.75 Å². The first kappa shape index (κ1) is 14.5. The van der Waals surface area contributed by atoms with Crippen molar-refractivity contribution >= 4 is 15.9 Å². The van der Waals surface area contributed by atoms with E-state index >= 15 is 0 Å². The zero-order valence-corrected chi connectivity index (χ0v) is 12.6. The Kier molecular flexibility index (Phi) is 5.02. The molecular weight excluding hydrogens is 280 g/mol. The second-order valence-electron chi connectivity index (χ2n) is 4.98. The fourth-order valence-electron chi connectivity index (χ4n) is 1.51. The molecule has 3 heteroatoms. The summed E-state index contributed by atoms with van der Waals surface area (Å²) in [5.74, 6) is 0.872. The van der Waals surface area contributed by atoms with Gasteiger partial charge in [-0.25, -0.2) is 0 Å². The van der Waals surface area contributed by atoms with Crippen LogP contribution in [-0.2, 0) is 0 Å². The van der Waals surface area contributed by atoms with Gasteiger partial charge in [-0.3, -0.25) is 0 Å². The number of aliphatic hydroxyl groups excluding tert-OH is 1. The van der Waals surface area contributed by atoms with Crippen LogP contribution in [0.4, 0.5) is 0 Å². The Labute approximate surface area is 112 Å². The van der Waals surface area contributed by atoms with E-state index in [4.69, 9.17) is 4.74 Å². The molecule has 1 N–H and O–H groups in total. The van der Waals surface area contributed by atoms with Crippen molar-refractivity contribution in [2.24, 2.45) is 5.41 Å². The summed E-state index contributed by atoms with van der Waals surface area (Å²) in [4.78, 5) is 0. The lowest BCUT2D eigenvalue weighted by Gasteiger charge is -2.25. The van der Waals surface area contributed by atoms with Gasteiger partial charge in [-0.15, -0.1) is 0 Å². The number of aliphatic hydroxyl groups is 1. The van der Waals surface area contributed by atoms with Crippen LogP contribution in [0.3, 0.4) is 0 Å². The van der Waals surface area contributed by atoms with Gasteiger partial charge in [0.25, 0.3) is 0 Å². The van der Waals surface area contributed by atoms with Crippen LogP contribution < -0.4 is 4.74 Å². The highest BCUT2D eigenvalue weighted by Crippen LogP contribution is 2.28. The molecule has 2 nitrogen and oxygen atoms in total. The zero-order valence-electron chi connectivity index (χ0n) is 11.0. The van der Waals surface area contributed by atoms with Gasteiger partial charge in [0.15, 0.2) is 0 Å². The minimum absolute atomic E-state index is 0.151. The highest BCUT2D eigenvalue weighted by Gasteiger charge is 2.22. The minimum atomic E-state index is -0.158. The van der Waals surface area contributed by atoms with E-state index in [9.17, 15) is 5.11 Å². The highest BCUT2D eigenvalue weighted by molar-refractivity contribution is 9.10. The van der Waals surface area contributed by atoms with E-state index in [1.165, 1.54) is 11.1 Å². The smallest absolute Gasteiger partial charge is 0.119 e. The van der Waals surface area contributed by atoms with Gasteiger partial charge in [-0.2, -0.15) is 0 Å². The summed E-state index contributed by atoms with van der Waals surface area (Å²) in [6, 6.07) is 4.04. The first-order chi connectivity index (χ1) is 7.91. The molecule has 1 atom stereocenters. The van der Waals surface area contributed by atoms with Gasteiger partial charge < -0.3 is 9.84 Å². The largest absolute Gasteiger partial charge is 0.493 e. The second kappa shape index (κ2) is 5.87. The first-order valence-corrected chi connectivity index (χ1v) is 6.71. The third-order valence-electron chi connectivity index (χ3n) is 3.23. The summed E-state index contributed by atoms with van der Waals surface area (Å²) in [7, 11) is 0. The monoisotopic (exact) mass is 300 g/mol. The number of rotatable bonds is 5. The van der Waals surface area contributed by atoms with Crippen LogP contribution in [0.5, 0.6) is 5.75 Å². The molecule has 0 saturated heterocycles. The SMILES string of the molecule is CCC(C)(CO)COc1cc(C)c(Br)c(C)c1.